The van der Waals surface area contributed by atoms with Crippen LogP contribution in [0.3, 0.4) is 0 Å². The Morgan fingerprint density at radius 1 is 1.02 bits per heavy atom. The maximum Gasteiger partial charge on any atom is 0.338 e. The first-order valence-electron chi connectivity index (χ1n) is 14.2. The molecule has 8 aliphatic rings. The minimum atomic E-state index is -1.54. The van der Waals surface area contributed by atoms with Crippen LogP contribution in [0.4, 0.5) is 0 Å². The largest absolute Gasteiger partial charge is 0.463 e. The fourth-order valence-corrected chi connectivity index (χ4v) is 8.86. The summed E-state index contributed by atoms with van der Waals surface area (Å²) < 4.78 is 42.8. The molecule has 0 amide bonds. The molecule has 0 aromatic rings. The van der Waals surface area contributed by atoms with Crippen molar-refractivity contribution in [3.8, 4) is 0 Å². The van der Waals surface area contributed by atoms with Crippen LogP contribution in [0.15, 0.2) is 36.0 Å². The first-order valence-corrected chi connectivity index (χ1v) is 14.2. The van der Waals surface area contributed by atoms with Crippen molar-refractivity contribution in [2.24, 2.45) is 10.8 Å². The van der Waals surface area contributed by atoms with Gasteiger partial charge in [0, 0.05) is 24.3 Å². The zero-order valence-corrected chi connectivity index (χ0v) is 22.4. The second kappa shape index (κ2) is 8.03. The summed E-state index contributed by atoms with van der Waals surface area (Å²) in [5, 5.41) is 21.3. The second-order valence-electron chi connectivity index (χ2n) is 12.8. The summed E-state index contributed by atoms with van der Waals surface area (Å²) in [5.74, 6) is -1.07. The van der Waals surface area contributed by atoms with Gasteiger partial charge in [-0.15, -0.1) is 0 Å². The molecular weight excluding hydrogens is 524 g/mol. The van der Waals surface area contributed by atoms with Crippen molar-refractivity contribution in [1.29, 1.82) is 0 Å². The Hall–Kier alpha value is -2.12. The van der Waals surface area contributed by atoms with Crippen LogP contribution >= 0.6 is 0 Å². The highest BCUT2D eigenvalue weighted by Gasteiger charge is 2.83. The van der Waals surface area contributed by atoms with Crippen LogP contribution in [0, 0.1) is 10.8 Å². The highest BCUT2D eigenvalue weighted by atomic mass is 16.7. The summed E-state index contributed by atoms with van der Waals surface area (Å²) in [6.45, 7) is 4.85. The Labute approximate surface area is 231 Å². The smallest absolute Gasteiger partial charge is 0.338 e. The number of ether oxygens (including phenoxy) is 7. The molecule has 6 fully saturated rings. The average molecular weight is 559 g/mol. The summed E-state index contributed by atoms with van der Waals surface area (Å²) in [4.78, 5) is 26.8. The molecule has 40 heavy (non-hydrogen) atoms. The van der Waals surface area contributed by atoms with Crippen LogP contribution in [0.2, 0.25) is 0 Å². The van der Waals surface area contributed by atoms with Crippen molar-refractivity contribution in [2.75, 3.05) is 19.8 Å². The van der Waals surface area contributed by atoms with E-state index in [2.05, 4.69) is 19.9 Å². The van der Waals surface area contributed by atoms with E-state index in [4.69, 9.17) is 33.2 Å². The summed E-state index contributed by atoms with van der Waals surface area (Å²) in [7, 11) is 0. The Bertz CT molecular complexity index is 1250. The summed E-state index contributed by atoms with van der Waals surface area (Å²) >= 11 is 0. The molecular formula is C29H34O11. The number of esters is 2. The van der Waals surface area contributed by atoms with Gasteiger partial charge in [0.2, 0.25) is 0 Å². The molecule has 5 saturated heterocycles. The fraction of sp³-hybridized carbons (Fsp3) is 0.724. The lowest BCUT2D eigenvalue weighted by Crippen LogP contribution is -2.67. The van der Waals surface area contributed by atoms with Crippen LogP contribution in [0.1, 0.15) is 39.5 Å². The number of aliphatic hydroxyl groups excluding tert-OH is 2. The van der Waals surface area contributed by atoms with Crippen molar-refractivity contribution >= 4 is 11.9 Å². The number of rotatable bonds is 0. The number of allylic oxidation sites excluding steroid dienone is 3. The third-order valence-electron chi connectivity index (χ3n) is 11.3. The van der Waals surface area contributed by atoms with Crippen molar-refractivity contribution in [1.82, 2.24) is 0 Å². The molecule has 12 atom stereocenters. The number of aliphatic hydroxyl groups is 2. The predicted octanol–water partition coefficient (Wildman–Crippen LogP) is 0.615. The lowest BCUT2D eigenvalue weighted by Gasteiger charge is -2.58. The molecule has 11 heteroatoms. The highest BCUT2D eigenvalue weighted by Crippen LogP contribution is 2.72. The van der Waals surface area contributed by atoms with Gasteiger partial charge >= 0.3 is 11.9 Å². The maximum absolute atomic E-state index is 13.7. The van der Waals surface area contributed by atoms with Gasteiger partial charge in [-0.2, -0.15) is 0 Å². The summed E-state index contributed by atoms with van der Waals surface area (Å²) in [5.41, 5.74) is -3.37. The monoisotopic (exact) mass is 558 g/mol. The van der Waals surface area contributed by atoms with Gasteiger partial charge in [-0.3, -0.25) is 0 Å². The van der Waals surface area contributed by atoms with Crippen LogP contribution in [0.5, 0.6) is 0 Å². The lowest BCUT2D eigenvalue weighted by atomic mass is 9.51. The first kappa shape index (κ1) is 25.6. The normalized spacial score (nSPS) is 57.6. The van der Waals surface area contributed by atoms with Crippen LogP contribution < -0.4 is 0 Å². The number of hydrogen-bond acceptors (Lipinski definition) is 11. The molecule has 216 valence electrons. The molecule has 6 aliphatic heterocycles. The molecule has 0 aromatic carbocycles. The lowest BCUT2D eigenvalue weighted by molar-refractivity contribution is -0.233. The Morgan fingerprint density at radius 2 is 1.85 bits per heavy atom. The number of carbonyl (C=O) groups is 2. The molecule has 3 spiro atoms. The highest BCUT2D eigenvalue weighted by molar-refractivity contribution is 5.82. The zero-order chi connectivity index (χ0) is 27.7. The van der Waals surface area contributed by atoms with Crippen molar-refractivity contribution in [3.05, 3.63) is 36.0 Å². The molecule has 1 saturated carbocycles. The maximum atomic E-state index is 13.7. The summed E-state index contributed by atoms with van der Waals surface area (Å²) in [6.07, 6.45) is 4.33. The van der Waals surface area contributed by atoms with Gasteiger partial charge in [0.15, 0.2) is 12.4 Å². The minimum absolute atomic E-state index is 0.0345. The topological polar surface area (TPSA) is 146 Å². The molecule has 4 bridgehead atoms. The molecule has 0 aromatic heterocycles. The van der Waals surface area contributed by atoms with Crippen molar-refractivity contribution < 1.29 is 53.0 Å². The molecule has 0 radical (unpaired) electrons. The number of cyclic esters (lactones) is 1. The standard InChI is InChI=1S/C29H34O11/c1-15-6-8-26-13-34-23(33)21-28(40-21)9-10-35-27(20(31)22(32)39-24(27)28)7-4-3-5-19(30)38-16-12-18(37-17(26)11-15)29(14-36-29)25(16,26)2/h3-5,7,11,16-18,20-22,24,31-32H,6,8-10,12-14H2,1-2H3/b5-3-,7-4+/t16?,17-,18?,20?,21?,22?,24?,25?,26-,27?,28?,29?/m1/s1. The van der Waals surface area contributed by atoms with E-state index in [0.717, 1.165) is 6.42 Å². The van der Waals surface area contributed by atoms with Crippen LogP contribution in [-0.2, 0) is 42.7 Å². The predicted molar refractivity (Wildman–Crippen MR) is 132 cm³/mol. The van der Waals surface area contributed by atoms with Crippen molar-refractivity contribution in [3.63, 3.8) is 0 Å². The number of carbonyl (C=O) groups excluding carboxylic acids is 2. The van der Waals surface area contributed by atoms with Crippen molar-refractivity contribution in [2.45, 2.75) is 99.2 Å². The van der Waals surface area contributed by atoms with E-state index < -0.39 is 70.3 Å². The van der Waals surface area contributed by atoms with Gasteiger partial charge in [0.1, 0.15) is 41.7 Å². The van der Waals surface area contributed by atoms with Gasteiger partial charge in [-0.25, -0.2) is 9.59 Å². The first-order chi connectivity index (χ1) is 19.1. The van der Waals surface area contributed by atoms with E-state index in [1.54, 1.807) is 12.2 Å². The van der Waals surface area contributed by atoms with Crippen LogP contribution in [-0.4, -0.2) is 102 Å². The molecule has 6 heterocycles. The Morgan fingerprint density at radius 3 is 2.65 bits per heavy atom. The molecule has 2 N–H and O–H groups in total. The van der Waals surface area contributed by atoms with E-state index in [9.17, 15) is 19.8 Å². The van der Waals surface area contributed by atoms with Gasteiger partial charge in [-0.1, -0.05) is 30.7 Å². The molecule has 8 rings (SSSR count). The molecule has 11 nitrogen and oxygen atoms in total. The third-order valence-corrected chi connectivity index (χ3v) is 11.3. The molecule has 2 aliphatic carbocycles. The van der Waals surface area contributed by atoms with Gasteiger partial charge in [0.25, 0.3) is 0 Å². The minimum Gasteiger partial charge on any atom is -0.463 e. The Balaban J connectivity index is 1.22. The van der Waals surface area contributed by atoms with E-state index in [0.29, 0.717) is 25.9 Å². The average Bonchev–Trinajstić information content (AvgIpc) is 3.83. The molecule has 10 unspecified atom stereocenters. The van der Waals surface area contributed by atoms with E-state index in [-0.39, 0.29) is 25.4 Å². The van der Waals surface area contributed by atoms with Crippen LogP contribution in [0.25, 0.3) is 0 Å². The second-order valence-corrected chi connectivity index (χ2v) is 12.8. The van der Waals surface area contributed by atoms with E-state index >= 15 is 0 Å². The Kier molecular flexibility index (Phi) is 5.14. The number of epoxide rings is 2. The van der Waals surface area contributed by atoms with Gasteiger partial charge < -0.3 is 43.4 Å². The number of hydrogen-bond donors (Lipinski definition) is 2. The zero-order valence-electron chi connectivity index (χ0n) is 22.4. The van der Waals surface area contributed by atoms with E-state index in [1.165, 1.54) is 17.7 Å². The van der Waals surface area contributed by atoms with E-state index in [1.807, 2.05) is 0 Å². The fourth-order valence-electron chi connectivity index (χ4n) is 8.86. The third kappa shape index (κ3) is 2.94. The summed E-state index contributed by atoms with van der Waals surface area (Å²) in [6, 6.07) is 0. The van der Waals surface area contributed by atoms with Gasteiger partial charge in [-0.05, 0) is 25.8 Å². The quantitative estimate of drug-likeness (QED) is 0.245. The SMILES string of the molecule is CC1=C[C@H]2OC3CC4OC(=O)/C=C\C=C\C56OCCC7(OC7C(=O)OC[C@@]2(CC1)C4(C)C31CO1)C5OC(O)C6O. The van der Waals surface area contributed by atoms with Gasteiger partial charge in [0.05, 0.1) is 30.8 Å².